The van der Waals surface area contributed by atoms with Gasteiger partial charge in [-0.2, -0.15) is 0 Å². The number of fused-ring (bicyclic) bond motifs is 2. The summed E-state index contributed by atoms with van der Waals surface area (Å²) >= 11 is 12.2. The number of aromatic nitrogens is 1. The van der Waals surface area contributed by atoms with Gasteiger partial charge in [-0.1, -0.05) is 54.4 Å². The Morgan fingerprint density at radius 1 is 1.13 bits per heavy atom. The molecule has 0 bridgehead atoms. The van der Waals surface area contributed by atoms with E-state index >= 15 is 0 Å². The third kappa shape index (κ3) is 4.13. The van der Waals surface area contributed by atoms with Gasteiger partial charge in [-0.3, -0.25) is 9.78 Å². The average Bonchev–Trinajstić information content (AvgIpc) is 2.73. The highest BCUT2D eigenvalue weighted by molar-refractivity contribution is 6.39. The van der Waals surface area contributed by atoms with Crippen molar-refractivity contribution in [3.05, 3.63) is 69.3 Å². The standard InChI is InChI=1S/C23H20Cl2N2O3/c1-13-9-10-19-15(11-13)21(14-5-2-3-8-18(14)26-19)23(29)30-12-20(28)27-22-16(24)6-4-7-17(22)25/h2-8,13H,9-12H2,1H3,(H,27,28). The maximum absolute atomic E-state index is 13.0. The molecule has 7 heteroatoms. The van der Waals surface area contributed by atoms with E-state index in [0.717, 1.165) is 41.4 Å². The first-order valence-corrected chi connectivity index (χ1v) is 10.5. The first kappa shape index (κ1) is 20.6. The lowest BCUT2D eigenvalue weighted by atomic mass is 9.84. The molecule has 154 valence electrons. The Bertz CT molecular complexity index is 1130. The van der Waals surface area contributed by atoms with Crippen LogP contribution in [0, 0.1) is 5.92 Å². The number of amides is 1. The average molecular weight is 443 g/mol. The molecule has 0 saturated carbocycles. The van der Waals surface area contributed by atoms with Crippen molar-refractivity contribution >= 4 is 51.7 Å². The van der Waals surface area contributed by atoms with Crippen molar-refractivity contribution < 1.29 is 14.3 Å². The molecule has 1 aliphatic carbocycles. The van der Waals surface area contributed by atoms with Crippen molar-refractivity contribution in [3.8, 4) is 0 Å². The van der Waals surface area contributed by atoms with E-state index in [1.165, 1.54) is 0 Å². The van der Waals surface area contributed by atoms with Crippen LogP contribution in [0.4, 0.5) is 5.69 Å². The number of aryl methyl sites for hydroxylation is 1. The molecule has 0 saturated heterocycles. The molecule has 5 nitrogen and oxygen atoms in total. The number of anilines is 1. The van der Waals surface area contributed by atoms with Crippen molar-refractivity contribution in [1.29, 1.82) is 0 Å². The Morgan fingerprint density at radius 3 is 2.63 bits per heavy atom. The fourth-order valence-corrected chi connectivity index (χ4v) is 4.28. The van der Waals surface area contributed by atoms with E-state index in [2.05, 4.69) is 12.2 Å². The van der Waals surface area contributed by atoms with Crippen LogP contribution < -0.4 is 5.32 Å². The number of para-hydroxylation sites is 2. The lowest BCUT2D eigenvalue weighted by Crippen LogP contribution is -2.24. The summed E-state index contributed by atoms with van der Waals surface area (Å²) in [5.41, 5.74) is 3.41. The molecule has 2 aromatic carbocycles. The fourth-order valence-electron chi connectivity index (χ4n) is 3.79. The van der Waals surface area contributed by atoms with Gasteiger partial charge < -0.3 is 10.1 Å². The first-order valence-electron chi connectivity index (χ1n) is 9.75. The van der Waals surface area contributed by atoms with Gasteiger partial charge in [0.2, 0.25) is 0 Å². The second-order valence-corrected chi connectivity index (χ2v) is 8.31. The summed E-state index contributed by atoms with van der Waals surface area (Å²) in [5, 5.41) is 3.96. The maximum atomic E-state index is 13.0. The van der Waals surface area contributed by atoms with Gasteiger partial charge in [0.1, 0.15) is 0 Å². The summed E-state index contributed by atoms with van der Waals surface area (Å²) in [5.74, 6) is -0.587. The third-order valence-corrected chi connectivity index (χ3v) is 5.90. The smallest absolute Gasteiger partial charge is 0.339 e. The van der Waals surface area contributed by atoms with Gasteiger partial charge in [-0.05, 0) is 48.9 Å². The zero-order valence-electron chi connectivity index (χ0n) is 16.4. The summed E-state index contributed by atoms with van der Waals surface area (Å²) in [4.78, 5) is 30.1. The molecule has 0 radical (unpaired) electrons. The second kappa shape index (κ2) is 8.62. The van der Waals surface area contributed by atoms with Gasteiger partial charge in [0.15, 0.2) is 6.61 Å². The van der Waals surface area contributed by atoms with Gasteiger partial charge in [-0.15, -0.1) is 0 Å². The topological polar surface area (TPSA) is 68.3 Å². The quantitative estimate of drug-likeness (QED) is 0.544. The van der Waals surface area contributed by atoms with E-state index in [9.17, 15) is 9.59 Å². The van der Waals surface area contributed by atoms with Crippen molar-refractivity contribution in [2.24, 2.45) is 5.92 Å². The number of halogens is 2. The highest BCUT2D eigenvalue weighted by Gasteiger charge is 2.26. The maximum Gasteiger partial charge on any atom is 0.339 e. The largest absolute Gasteiger partial charge is 0.452 e. The van der Waals surface area contributed by atoms with Crippen molar-refractivity contribution in [1.82, 2.24) is 4.98 Å². The van der Waals surface area contributed by atoms with Crippen LogP contribution in [0.15, 0.2) is 42.5 Å². The fraction of sp³-hybridized carbons (Fsp3) is 0.261. The van der Waals surface area contributed by atoms with Crippen molar-refractivity contribution in [2.75, 3.05) is 11.9 Å². The molecule has 1 aliphatic rings. The number of hydrogen-bond acceptors (Lipinski definition) is 4. The molecule has 0 aliphatic heterocycles. The lowest BCUT2D eigenvalue weighted by Gasteiger charge is -2.24. The first-order chi connectivity index (χ1) is 14.4. The summed E-state index contributed by atoms with van der Waals surface area (Å²) in [6.45, 7) is 1.72. The number of carbonyl (C=O) groups excluding carboxylic acids is 2. The highest BCUT2D eigenvalue weighted by atomic mass is 35.5. The number of esters is 1. The highest BCUT2D eigenvalue weighted by Crippen LogP contribution is 2.32. The molecule has 1 heterocycles. The molecule has 3 aromatic rings. The summed E-state index contributed by atoms with van der Waals surface area (Å²) in [7, 11) is 0. The van der Waals surface area contributed by atoms with Crippen molar-refractivity contribution in [2.45, 2.75) is 26.2 Å². The second-order valence-electron chi connectivity index (χ2n) is 7.50. The van der Waals surface area contributed by atoms with Crippen LogP contribution in [0.3, 0.4) is 0 Å². The van der Waals surface area contributed by atoms with Gasteiger partial charge >= 0.3 is 5.97 Å². The summed E-state index contributed by atoms with van der Waals surface area (Å²) in [6, 6.07) is 12.4. The third-order valence-electron chi connectivity index (χ3n) is 5.27. The normalized spacial score (nSPS) is 15.5. The number of carbonyl (C=O) groups is 2. The predicted molar refractivity (Wildman–Crippen MR) is 118 cm³/mol. The predicted octanol–water partition coefficient (Wildman–Crippen LogP) is 5.46. The Kier molecular flexibility index (Phi) is 5.93. The number of benzene rings is 2. The van der Waals surface area contributed by atoms with Crippen LogP contribution in [-0.4, -0.2) is 23.5 Å². The zero-order chi connectivity index (χ0) is 21.3. The Hall–Kier alpha value is -2.63. The van der Waals surface area contributed by atoms with Crippen LogP contribution >= 0.6 is 23.2 Å². The van der Waals surface area contributed by atoms with E-state index in [-0.39, 0.29) is 0 Å². The Morgan fingerprint density at radius 2 is 1.87 bits per heavy atom. The van der Waals surface area contributed by atoms with E-state index in [1.807, 2.05) is 24.3 Å². The Balaban J connectivity index is 1.58. The molecule has 1 atom stereocenters. The van der Waals surface area contributed by atoms with E-state index < -0.39 is 18.5 Å². The summed E-state index contributed by atoms with van der Waals surface area (Å²) < 4.78 is 5.39. The minimum absolute atomic E-state index is 0.294. The number of pyridine rings is 1. The number of nitrogens with one attached hydrogen (secondary N) is 1. The molecule has 0 spiro atoms. The minimum Gasteiger partial charge on any atom is -0.452 e. The van der Waals surface area contributed by atoms with Gasteiger partial charge in [0.25, 0.3) is 5.91 Å². The monoisotopic (exact) mass is 442 g/mol. The van der Waals surface area contributed by atoms with Crippen LogP contribution in [0.2, 0.25) is 10.0 Å². The zero-order valence-corrected chi connectivity index (χ0v) is 17.9. The molecule has 0 fully saturated rings. The molecule has 1 N–H and O–H groups in total. The number of nitrogens with zero attached hydrogens (tertiary/aromatic N) is 1. The van der Waals surface area contributed by atoms with Crippen LogP contribution in [0.25, 0.3) is 10.9 Å². The van der Waals surface area contributed by atoms with E-state index in [4.69, 9.17) is 32.9 Å². The minimum atomic E-state index is -0.528. The van der Waals surface area contributed by atoms with Gasteiger partial charge in [0, 0.05) is 11.1 Å². The lowest BCUT2D eigenvalue weighted by molar-refractivity contribution is -0.119. The molecule has 1 amide bonds. The van der Waals surface area contributed by atoms with E-state index in [0.29, 0.717) is 27.2 Å². The molecule has 1 unspecified atom stereocenters. The van der Waals surface area contributed by atoms with E-state index in [1.54, 1.807) is 18.2 Å². The summed E-state index contributed by atoms with van der Waals surface area (Å²) in [6.07, 6.45) is 2.62. The van der Waals surface area contributed by atoms with Crippen LogP contribution in [-0.2, 0) is 22.4 Å². The van der Waals surface area contributed by atoms with Crippen LogP contribution in [0.5, 0.6) is 0 Å². The van der Waals surface area contributed by atoms with Gasteiger partial charge in [-0.25, -0.2) is 4.79 Å². The van der Waals surface area contributed by atoms with Crippen LogP contribution in [0.1, 0.15) is 35.0 Å². The molecule has 1 aromatic heterocycles. The molecular weight excluding hydrogens is 423 g/mol. The molecule has 30 heavy (non-hydrogen) atoms. The number of ether oxygens (including phenoxy) is 1. The molecular formula is C23H20Cl2N2O3. The number of hydrogen-bond donors (Lipinski definition) is 1. The number of rotatable bonds is 4. The van der Waals surface area contributed by atoms with Gasteiger partial charge in [0.05, 0.1) is 26.8 Å². The van der Waals surface area contributed by atoms with Crippen molar-refractivity contribution in [3.63, 3.8) is 0 Å². The Labute approximate surface area is 184 Å². The molecule has 4 rings (SSSR count). The SMILES string of the molecule is CC1CCc2nc3ccccc3c(C(=O)OCC(=O)Nc3c(Cl)cccc3Cl)c2C1.